The summed E-state index contributed by atoms with van der Waals surface area (Å²) in [5.74, 6) is -0.681. The fraction of sp³-hybridized carbons (Fsp3) is 0.348. The number of anilines is 2. The molecular weight excluding hydrogens is 382 g/mol. The number of hydrogen-bond donors (Lipinski definition) is 3. The first-order valence-electron chi connectivity index (χ1n) is 9.98. The van der Waals surface area contributed by atoms with Crippen LogP contribution in [0.4, 0.5) is 11.4 Å². The van der Waals surface area contributed by atoms with Gasteiger partial charge in [0.2, 0.25) is 0 Å². The lowest BCUT2D eigenvalue weighted by atomic mass is 10.1. The van der Waals surface area contributed by atoms with Crippen molar-refractivity contribution in [3.8, 4) is 0 Å². The van der Waals surface area contributed by atoms with E-state index in [0.29, 0.717) is 35.5 Å². The Morgan fingerprint density at radius 1 is 0.900 bits per heavy atom. The van der Waals surface area contributed by atoms with Gasteiger partial charge in [0.1, 0.15) is 6.10 Å². The minimum Gasteiger partial charge on any atom is -0.368 e. The summed E-state index contributed by atoms with van der Waals surface area (Å²) < 4.78 is 5.38. The van der Waals surface area contributed by atoms with Gasteiger partial charge in [-0.3, -0.25) is 14.4 Å². The molecule has 158 valence electrons. The lowest BCUT2D eigenvalue weighted by Crippen LogP contribution is -2.40. The molecule has 0 bridgehead atoms. The number of nitrogens with one attached hydrogen (secondary N) is 3. The molecule has 1 aliphatic heterocycles. The number of carbonyl (C=O) groups is 3. The van der Waals surface area contributed by atoms with E-state index in [1.54, 1.807) is 48.5 Å². The Morgan fingerprint density at radius 3 is 2.27 bits per heavy atom. The summed E-state index contributed by atoms with van der Waals surface area (Å²) in [5.41, 5.74) is 1.71. The van der Waals surface area contributed by atoms with Gasteiger partial charge in [0.05, 0.1) is 0 Å². The molecule has 1 heterocycles. The molecule has 1 aliphatic rings. The van der Waals surface area contributed by atoms with Crippen LogP contribution in [-0.4, -0.2) is 36.0 Å². The molecule has 30 heavy (non-hydrogen) atoms. The maximum atomic E-state index is 12.6. The van der Waals surface area contributed by atoms with Crippen LogP contribution in [0.2, 0.25) is 0 Å². The van der Waals surface area contributed by atoms with E-state index in [2.05, 4.69) is 16.0 Å². The third kappa shape index (κ3) is 5.90. The first kappa shape index (κ1) is 21.5. The standard InChI is InChI=1S/C23H27N3O4/c1-23(2,3)26-21(28)15-9-11-17(12-10-15)24-20(27)16-6-4-7-18(14-16)25-22(29)19-8-5-13-30-19/h4,6-7,9-12,14,19H,5,8,13H2,1-3H3,(H,24,27)(H,25,29)(H,26,28). The zero-order valence-electron chi connectivity index (χ0n) is 17.5. The molecule has 1 saturated heterocycles. The van der Waals surface area contributed by atoms with Crippen LogP contribution in [0.25, 0.3) is 0 Å². The Kier molecular flexibility index (Phi) is 6.52. The topological polar surface area (TPSA) is 96.5 Å². The van der Waals surface area contributed by atoms with Gasteiger partial charge in [0.15, 0.2) is 0 Å². The number of carbonyl (C=O) groups excluding carboxylic acids is 3. The number of hydrogen-bond acceptors (Lipinski definition) is 4. The quantitative estimate of drug-likeness (QED) is 0.703. The molecule has 0 spiro atoms. The Morgan fingerprint density at radius 2 is 1.63 bits per heavy atom. The third-order valence-corrected chi connectivity index (χ3v) is 4.51. The highest BCUT2D eigenvalue weighted by Crippen LogP contribution is 2.18. The summed E-state index contributed by atoms with van der Waals surface area (Å²) in [4.78, 5) is 37.0. The van der Waals surface area contributed by atoms with E-state index >= 15 is 0 Å². The van der Waals surface area contributed by atoms with Gasteiger partial charge in [-0.2, -0.15) is 0 Å². The molecule has 0 radical (unpaired) electrons. The SMILES string of the molecule is CC(C)(C)NC(=O)c1ccc(NC(=O)c2cccc(NC(=O)C3CCCO3)c2)cc1. The molecule has 3 rings (SSSR count). The lowest BCUT2D eigenvalue weighted by molar-refractivity contribution is -0.124. The molecule has 7 heteroatoms. The van der Waals surface area contributed by atoms with Crippen molar-refractivity contribution in [2.24, 2.45) is 0 Å². The summed E-state index contributed by atoms with van der Waals surface area (Å²) in [7, 11) is 0. The number of ether oxygens (including phenoxy) is 1. The smallest absolute Gasteiger partial charge is 0.255 e. The highest BCUT2D eigenvalue weighted by atomic mass is 16.5. The van der Waals surface area contributed by atoms with Crippen molar-refractivity contribution in [2.75, 3.05) is 17.2 Å². The van der Waals surface area contributed by atoms with Crippen LogP contribution in [0.3, 0.4) is 0 Å². The Hall–Kier alpha value is -3.19. The summed E-state index contributed by atoms with van der Waals surface area (Å²) >= 11 is 0. The zero-order valence-corrected chi connectivity index (χ0v) is 17.5. The fourth-order valence-electron chi connectivity index (χ4n) is 3.07. The molecule has 0 saturated carbocycles. The van der Waals surface area contributed by atoms with Crippen LogP contribution in [0.1, 0.15) is 54.3 Å². The van der Waals surface area contributed by atoms with Crippen LogP contribution in [0, 0.1) is 0 Å². The number of benzene rings is 2. The predicted molar refractivity (Wildman–Crippen MR) is 116 cm³/mol. The highest BCUT2D eigenvalue weighted by molar-refractivity contribution is 6.05. The van der Waals surface area contributed by atoms with Gasteiger partial charge in [-0.25, -0.2) is 0 Å². The van der Waals surface area contributed by atoms with Crippen molar-refractivity contribution >= 4 is 29.1 Å². The van der Waals surface area contributed by atoms with Crippen molar-refractivity contribution in [1.82, 2.24) is 5.32 Å². The summed E-state index contributed by atoms with van der Waals surface area (Å²) in [6.07, 6.45) is 1.14. The number of rotatable bonds is 5. The van der Waals surface area contributed by atoms with E-state index in [1.165, 1.54) is 0 Å². The molecule has 1 atom stereocenters. The normalized spacial score (nSPS) is 16.0. The van der Waals surface area contributed by atoms with Crippen LogP contribution < -0.4 is 16.0 Å². The van der Waals surface area contributed by atoms with Crippen molar-refractivity contribution in [1.29, 1.82) is 0 Å². The second-order valence-corrected chi connectivity index (χ2v) is 8.31. The van der Waals surface area contributed by atoms with E-state index in [4.69, 9.17) is 4.74 Å². The van der Waals surface area contributed by atoms with Gasteiger partial charge < -0.3 is 20.7 Å². The van der Waals surface area contributed by atoms with Crippen LogP contribution in [-0.2, 0) is 9.53 Å². The Bertz CT molecular complexity index is 926. The van der Waals surface area contributed by atoms with Crippen LogP contribution in [0.15, 0.2) is 48.5 Å². The largest absolute Gasteiger partial charge is 0.368 e. The van der Waals surface area contributed by atoms with Crippen molar-refractivity contribution < 1.29 is 19.1 Å². The molecular formula is C23H27N3O4. The average molecular weight is 409 g/mol. The summed E-state index contributed by atoms with van der Waals surface area (Å²) in [5, 5.41) is 8.49. The van der Waals surface area contributed by atoms with E-state index in [0.717, 1.165) is 6.42 Å². The minimum absolute atomic E-state index is 0.171. The van der Waals surface area contributed by atoms with Crippen molar-refractivity contribution in [3.63, 3.8) is 0 Å². The van der Waals surface area contributed by atoms with Gasteiger partial charge in [0.25, 0.3) is 17.7 Å². The lowest BCUT2D eigenvalue weighted by Gasteiger charge is -2.20. The maximum absolute atomic E-state index is 12.6. The Balaban J connectivity index is 1.61. The monoisotopic (exact) mass is 409 g/mol. The molecule has 1 fully saturated rings. The summed E-state index contributed by atoms with van der Waals surface area (Å²) in [6.45, 7) is 6.33. The van der Waals surface area contributed by atoms with Gasteiger partial charge in [-0.15, -0.1) is 0 Å². The molecule has 1 unspecified atom stereocenters. The Labute approximate surface area is 176 Å². The van der Waals surface area contributed by atoms with Crippen molar-refractivity contribution in [2.45, 2.75) is 45.3 Å². The number of amides is 3. The predicted octanol–water partition coefficient (Wildman–Crippen LogP) is 3.58. The van der Waals surface area contributed by atoms with Gasteiger partial charge >= 0.3 is 0 Å². The van der Waals surface area contributed by atoms with Crippen LogP contribution >= 0.6 is 0 Å². The highest BCUT2D eigenvalue weighted by Gasteiger charge is 2.23. The minimum atomic E-state index is -0.434. The first-order chi connectivity index (χ1) is 14.2. The maximum Gasteiger partial charge on any atom is 0.255 e. The second-order valence-electron chi connectivity index (χ2n) is 8.31. The van der Waals surface area contributed by atoms with E-state index in [-0.39, 0.29) is 23.3 Å². The zero-order chi connectivity index (χ0) is 21.7. The van der Waals surface area contributed by atoms with E-state index < -0.39 is 6.10 Å². The van der Waals surface area contributed by atoms with Gasteiger partial charge in [-0.1, -0.05) is 6.07 Å². The van der Waals surface area contributed by atoms with Gasteiger partial charge in [-0.05, 0) is 76.1 Å². The molecule has 2 aromatic rings. The molecule has 3 amide bonds. The summed E-state index contributed by atoms with van der Waals surface area (Å²) in [6, 6.07) is 13.4. The molecule has 0 aromatic heterocycles. The van der Waals surface area contributed by atoms with Crippen molar-refractivity contribution in [3.05, 3.63) is 59.7 Å². The fourth-order valence-corrected chi connectivity index (χ4v) is 3.07. The average Bonchev–Trinajstić information content (AvgIpc) is 3.22. The van der Waals surface area contributed by atoms with E-state index in [1.807, 2.05) is 20.8 Å². The van der Waals surface area contributed by atoms with Crippen LogP contribution in [0.5, 0.6) is 0 Å². The first-order valence-corrected chi connectivity index (χ1v) is 9.98. The second kappa shape index (κ2) is 9.09. The molecule has 0 aliphatic carbocycles. The molecule has 3 N–H and O–H groups in total. The van der Waals surface area contributed by atoms with E-state index in [9.17, 15) is 14.4 Å². The molecule has 7 nitrogen and oxygen atoms in total. The molecule has 2 aromatic carbocycles. The van der Waals surface area contributed by atoms with Gasteiger partial charge in [0, 0.05) is 34.6 Å². The third-order valence-electron chi connectivity index (χ3n) is 4.51.